The van der Waals surface area contributed by atoms with Gasteiger partial charge in [0.1, 0.15) is 6.04 Å². The number of fused-ring (bicyclic) bond motifs is 1. The fourth-order valence-corrected chi connectivity index (χ4v) is 5.26. The van der Waals surface area contributed by atoms with Crippen LogP contribution < -0.4 is 5.32 Å². The summed E-state index contributed by atoms with van der Waals surface area (Å²) in [6, 6.07) is 8.88. The van der Waals surface area contributed by atoms with Gasteiger partial charge in [0.05, 0.1) is 0 Å². The van der Waals surface area contributed by atoms with Gasteiger partial charge in [-0.2, -0.15) is 0 Å². The first-order valence-electron chi connectivity index (χ1n) is 11.7. The number of likely N-dealkylation sites (N-methyl/N-ethyl adjacent to an activating group) is 2. The minimum atomic E-state index is -0.121. The molecular formula is C24H37N5O2. The summed E-state index contributed by atoms with van der Waals surface area (Å²) < 4.78 is 0. The molecule has 0 bridgehead atoms. The maximum absolute atomic E-state index is 13.0. The summed E-state index contributed by atoms with van der Waals surface area (Å²) in [7, 11) is 4.24. The Balaban J connectivity index is 1.35. The molecule has 3 atom stereocenters. The lowest BCUT2D eigenvalue weighted by molar-refractivity contribution is -0.133. The summed E-state index contributed by atoms with van der Waals surface area (Å²) in [6.45, 7) is 7.99. The van der Waals surface area contributed by atoms with Crippen molar-refractivity contribution >= 4 is 11.8 Å². The molecule has 3 heterocycles. The highest BCUT2D eigenvalue weighted by Crippen LogP contribution is 2.28. The summed E-state index contributed by atoms with van der Waals surface area (Å²) in [5.41, 5.74) is 2.50. The van der Waals surface area contributed by atoms with Gasteiger partial charge in [-0.1, -0.05) is 29.8 Å². The van der Waals surface area contributed by atoms with Gasteiger partial charge in [-0.15, -0.1) is 0 Å². The molecule has 3 saturated heterocycles. The summed E-state index contributed by atoms with van der Waals surface area (Å²) >= 11 is 0. The molecule has 3 aliphatic heterocycles. The Bertz CT molecular complexity index is 775. The molecule has 0 aromatic heterocycles. The largest absolute Gasteiger partial charge is 0.353 e. The third-order valence-corrected chi connectivity index (χ3v) is 7.40. The Morgan fingerprint density at radius 3 is 2.48 bits per heavy atom. The van der Waals surface area contributed by atoms with Crippen molar-refractivity contribution in [2.24, 2.45) is 0 Å². The van der Waals surface area contributed by atoms with Crippen molar-refractivity contribution in [3.05, 3.63) is 35.4 Å². The first-order valence-corrected chi connectivity index (χ1v) is 11.7. The van der Waals surface area contributed by atoms with Crippen LogP contribution in [0, 0.1) is 6.92 Å². The molecule has 7 nitrogen and oxygen atoms in total. The molecule has 3 fully saturated rings. The molecule has 0 spiro atoms. The van der Waals surface area contributed by atoms with Gasteiger partial charge < -0.3 is 15.1 Å². The molecule has 1 N–H and O–H groups in total. The lowest BCUT2D eigenvalue weighted by Gasteiger charge is -2.35. The summed E-state index contributed by atoms with van der Waals surface area (Å²) in [4.78, 5) is 34.7. The predicted molar refractivity (Wildman–Crippen MR) is 122 cm³/mol. The zero-order valence-electron chi connectivity index (χ0n) is 19.2. The van der Waals surface area contributed by atoms with Gasteiger partial charge in [0, 0.05) is 64.3 Å². The van der Waals surface area contributed by atoms with Crippen molar-refractivity contribution in [3.63, 3.8) is 0 Å². The van der Waals surface area contributed by atoms with E-state index >= 15 is 0 Å². The molecular weight excluding hydrogens is 390 g/mol. The molecule has 4 rings (SSSR count). The van der Waals surface area contributed by atoms with Crippen molar-refractivity contribution in [1.29, 1.82) is 0 Å². The van der Waals surface area contributed by atoms with Gasteiger partial charge in [-0.3, -0.25) is 19.4 Å². The first kappa shape index (κ1) is 22.2. The molecule has 170 valence electrons. The van der Waals surface area contributed by atoms with Gasteiger partial charge in [0.25, 0.3) is 0 Å². The third kappa shape index (κ3) is 5.10. The van der Waals surface area contributed by atoms with Crippen LogP contribution >= 0.6 is 0 Å². The normalized spacial score (nSPS) is 28.3. The highest BCUT2D eigenvalue weighted by atomic mass is 16.2. The number of rotatable bonds is 5. The second kappa shape index (κ2) is 9.67. The van der Waals surface area contributed by atoms with Crippen molar-refractivity contribution in [2.45, 2.75) is 50.9 Å². The highest BCUT2D eigenvalue weighted by molar-refractivity contribution is 5.83. The van der Waals surface area contributed by atoms with Crippen molar-refractivity contribution in [2.75, 3.05) is 53.4 Å². The molecule has 0 radical (unpaired) electrons. The Morgan fingerprint density at radius 1 is 1.06 bits per heavy atom. The first-order chi connectivity index (χ1) is 14.9. The van der Waals surface area contributed by atoms with Crippen LogP contribution in [0.3, 0.4) is 0 Å². The van der Waals surface area contributed by atoms with E-state index in [1.54, 1.807) is 0 Å². The Labute approximate surface area is 186 Å². The van der Waals surface area contributed by atoms with Crippen LogP contribution in [0.25, 0.3) is 0 Å². The Kier molecular flexibility index (Phi) is 6.94. The average molecular weight is 428 g/mol. The molecule has 0 aliphatic carbocycles. The molecule has 3 unspecified atom stereocenters. The maximum atomic E-state index is 13.0. The SMILES string of the molecule is Cc1ccc(CN2CCC3C2C(=O)NCC(CCC(=O)N2CCN(C)CC2)N3C)cc1. The van der Waals surface area contributed by atoms with Crippen molar-refractivity contribution < 1.29 is 9.59 Å². The van der Waals surface area contributed by atoms with Crippen LogP contribution in [-0.2, 0) is 16.1 Å². The topological polar surface area (TPSA) is 59.1 Å². The molecule has 31 heavy (non-hydrogen) atoms. The van der Waals surface area contributed by atoms with E-state index < -0.39 is 0 Å². The molecule has 7 heteroatoms. The third-order valence-electron chi connectivity index (χ3n) is 7.40. The van der Waals surface area contributed by atoms with Crippen LogP contribution in [0.15, 0.2) is 24.3 Å². The van der Waals surface area contributed by atoms with Gasteiger partial charge >= 0.3 is 0 Å². The standard InChI is InChI=1S/C24H37N5O2/c1-18-4-6-19(7-5-18)17-29-11-10-21-23(29)24(31)25-16-20(27(21)3)8-9-22(30)28-14-12-26(2)13-15-28/h4-7,20-21,23H,8-17H2,1-3H3,(H,25,31). The molecule has 1 aromatic rings. The van der Waals surface area contributed by atoms with Crippen LogP contribution in [0.4, 0.5) is 0 Å². The summed E-state index contributed by atoms with van der Waals surface area (Å²) in [5.74, 6) is 0.385. The van der Waals surface area contributed by atoms with E-state index in [0.29, 0.717) is 13.0 Å². The average Bonchev–Trinajstić information content (AvgIpc) is 3.13. The van der Waals surface area contributed by atoms with E-state index in [2.05, 4.69) is 65.3 Å². The number of aryl methyl sites for hydroxylation is 1. The van der Waals surface area contributed by atoms with Crippen LogP contribution in [0.1, 0.15) is 30.4 Å². The van der Waals surface area contributed by atoms with Gasteiger partial charge in [-0.05, 0) is 39.4 Å². The Hall–Kier alpha value is -1.96. The number of carbonyl (C=O) groups is 2. The van der Waals surface area contributed by atoms with Crippen LogP contribution in [-0.4, -0.2) is 103 Å². The predicted octanol–water partition coefficient (Wildman–Crippen LogP) is 0.922. The number of hydrogen-bond acceptors (Lipinski definition) is 5. The molecule has 3 aliphatic rings. The maximum Gasteiger partial charge on any atom is 0.239 e. The number of benzene rings is 1. The number of likely N-dealkylation sites (tertiary alicyclic amines) is 1. The number of piperazine rings is 1. The number of nitrogens with one attached hydrogen (secondary N) is 1. The number of amides is 2. The summed E-state index contributed by atoms with van der Waals surface area (Å²) in [6.07, 6.45) is 2.34. The Morgan fingerprint density at radius 2 is 1.77 bits per heavy atom. The van der Waals surface area contributed by atoms with Gasteiger partial charge in [0.15, 0.2) is 0 Å². The van der Waals surface area contributed by atoms with E-state index in [-0.39, 0.29) is 29.9 Å². The monoisotopic (exact) mass is 427 g/mol. The van der Waals surface area contributed by atoms with Crippen LogP contribution in [0.2, 0.25) is 0 Å². The molecule has 2 amide bonds. The zero-order valence-corrected chi connectivity index (χ0v) is 19.2. The van der Waals surface area contributed by atoms with E-state index in [4.69, 9.17) is 0 Å². The fourth-order valence-electron chi connectivity index (χ4n) is 5.26. The van der Waals surface area contributed by atoms with Gasteiger partial charge in [-0.25, -0.2) is 0 Å². The second-order valence-electron chi connectivity index (χ2n) is 9.54. The van der Waals surface area contributed by atoms with Crippen molar-refractivity contribution in [3.8, 4) is 0 Å². The number of nitrogens with zero attached hydrogens (tertiary/aromatic N) is 4. The van der Waals surface area contributed by atoms with E-state index in [1.807, 2.05) is 4.90 Å². The zero-order chi connectivity index (χ0) is 22.0. The summed E-state index contributed by atoms with van der Waals surface area (Å²) in [5, 5.41) is 3.18. The smallest absolute Gasteiger partial charge is 0.239 e. The van der Waals surface area contributed by atoms with E-state index in [0.717, 1.165) is 52.1 Å². The van der Waals surface area contributed by atoms with Crippen molar-refractivity contribution in [1.82, 2.24) is 24.9 Å². The van der Waals surface area contributed by atoms with E-state index in [9.17, 15) is 9.59 Å². The lowest BCUT2D eigenvalue weighted by atomic mass is 10.0. The minimum absolute atomic E-state index is 0.121. The second-order valence-corrected chi connectivity index (χ2v) is 9.54. The highest BCUT2D eigenvalue weighted by Gasteiger charge is 2.44. The quantitative estimate of drug-likeness (QED) is 0.758. The fraction of sp³-hybridized carbons (Fsp3) is 0.667. The number of hydrogen-bond donors (Lipinski definition) is 1. The molecule has 0 saturated carbocycles. The van der Waals surface area contributed by atoms with Crippen LogP contribution in [0.5, 0.6) is 0 Å². The lowest BCUT2D eigenvalue weighted by Crippen LogP contribution is -2.50. The van der Waals surface area contributed by atoms with E-state index in [1.165, 1.54) is 11.1 Å². The molecule has 1 aromatic carbocycles. The number of carbonyl (C=O) groups excluding carboxylic acids is 2. The van der Waals surface area contributed by atoms with Gasteiger partial charge in [0.2, 0.25) is 11.8 Å². The minimum Gasteiger partial charge on any atom is -0.353 e.